The van der Waals surface area contributed by atoms with Gasteiger partial charge in [-0.15, -0.1) is 0 Å². The van der Waals surface area contributed by atoms with Crippen LogP contribution in [-0.4, -0.2) is 58.8 Å². The third kappa shape index (κ3) is 2.52. The largest absolute Gasteiger partial charge is 0.504 e. The van der Waals surface area contributed by atoms with E-state index in [1.807, 2.05) is 6.07 Å². The van der Waals surface area contributed by atoms with Gasteiger partial charge in [-0.2, -0.15) is 13.2 Å². The van der Waals surface area contributed by atoms with Gasteiger partial charge in [0, 0.05) is 23.4 Å². The second-order valence-corrected chi connectivity index (χ2v) is 7.90. The molecule has 2 fully saturated rings. The van der Waals surface area contributed by atoms with Crippen molar-refractivity contribution in [3.05, 3.63) is 23.3 Å². The van der Waals surface area contributed by atoms with E-state index in [2.05, 4.69) is 11.9 Å². The van der Waals surface area contributed by atoms with Crippen LogP contribution in [0.1, 0.15) is 30.4 Å². The Morgan fingerprint density at radius 2 is 2.04 bits per heavy atom. The first-order valence-corrected chi connectivity index (χ1v) is 9.12. The SMILES string of the molecule is CN1CC[C@]23c4c5ccc(O)c4O[C@H]2C(=O)CC[C@H]3[C@H]1C5.O=C(O)C(F)(F)F. The summed E-state index contributed by atoms with van der Waals surface area (Å²) in [6.07, 6.45) is -1.90. The Balaban J connectivity index is 0.000000239. The molecule has 1 aromatic rings. The number of aliphatic carboxylic acids is 1. The maximum Gasteiger partial charge on any atom is 0.490 e. The number of piperidine rings is 1. The Kier molecular flexibility index (Phi) is 4.15. The normalized spacial score (nSPS) is 32.7. The molecule has 2 aliphatic heterocycles. The molecule has 2 N–H and O–H groups in total. The minimum atomic E-state index is -5.08. The van der Waals surface area contributed by atoms with E-state index in [0.717, 1.165) is 31.4 Å². The standard InChI is InChI=1S/C17H19NO3.C2HF3O2/c1-18-7-6-17-10-3-5-13(20)16(17)21-15-12(19)4-2-9(14(15)17)8-11(10)18;3-2(4,5)1(6)7/h2,4,10-11,16,19H,3,5-8H2,1H3;(H,6,7)/t10-,11+,16-,17-;/m0./s1. The summed E-state index contributed by atoms with van der Waals surface area (Å²) in [7, 11) is 2.20. The number of Topliss-reactive ketones (excluding diaryl/α,β-unsaturated/α-hetero) is 1. The molecular formula is C19H20F3NO5. The molecule has 152 valence electrons. The average molecular weight is 399 g/mol. The lowest BCUT2D eigenvalue weighted by Gasteiger charge is -2.57. The lowest BCUT2D eigenvalue weighted by atomic mass is 9.52. The molecule has 0 radical (unpaired) electrons. The molecule has 0 aromatic heterocycles. The second kappa shape index (κ2) is 6.10. The third-order valence-electron chi connectivity index (χ3n) is 6.63. The number of rotatable bonds is 0. The summed E-state index contributed by atoms with van der Waals surface area (Å²) < 4.78 is 37.8. The Morgan fingerprint density at radius 1 is 1.36 bits per heavy atom. The Bertz CT molecular complexity index is 855. The van der Waals surface area contributed by atoms with Gasteiger partial charge in [-0.25, -0.2) is 4.79 Å². The zero-order valence-corrected chi connectivity index (χ0v) is 15.1. The zero-order valence-electron chi connectivity index (χ0n) is 15.1. The highest BCUT2D eigenvalue weighted by Gasteiger charge is 2.65. The molecule has 2 heterocycles. The first kappa shape index (κ1) is 19.0. The molecule has 2 aliphatic carbocycles. The topological polar surface area (TPSA) is 87.1 Å². The van der Waals surface area contributed by atoms with Crippen LogP contribution in [-0.2, 0) is 21.4 Å². The molecule has 1 saturated carbocycles. The van der Waals surface area contributed by atoms with E-state index in [9.17, 15) is 23.1 Å². The summed E-state index contributed by atoms with van der Waals surface area (Å²) in [6, 6.07) is 4.26. The van der Waals surface area contributed by atoms with Crippen molar-refractivity contribution < 1.29 is 37.7 Å². The molecule has 1 aromatic carbocycles. The number of carboxylic acid groups (broad SMARTS) is 1. The number of likely N-dealkylation sites (N-methyl/N-ethyl adjacent to an activating group) is 1. The van der Waals surface area contributed by atoms with Gasteiger partial charge in [0.2, 0.25) is 0 Å². The number of nitrogens with zero attached hydrogens (tertiary/aromatic N) is 1. The third-order valence-corrected chi connectivity index (χ3v) is 6.63. The quantitative estimate of drug-likeness (QED) is 0.696. The van der Waals surface area contributed by atoms with Gasteiger partial charge < -0.3 is 19.8 Å². The monoisotopic (exact) mass is 399 g/mol. The van der Waals surface area contributed by atoms with E-state index >= 15 is 0 Å². The minimum absolute atomic E-state index is 0.172. The van der Waals surface area contributed by atoms with E-state index in [1.54, 1.807) is 6.07 Å². The van der Waals surface area contributed by atoms with E-state index in [1.165, 1.54) is 5.56 Å². The summed E-state index contributed by atoms with van der Waals surface area (Å²) in [6.45, 7) is 1.00. The van der Waals surface area contributed by atoms with Crippen molar-refractivity contribution >= 4 is 11.8 Å². The number of halogens is 3. The molecule has 2 bridgehead atoms. The van der Waals surface area contributed by atoms with Crippen molar-refractivity contribution in [1.82, 2.24) is 4.90 Å². The predicted octanol–water partition coefficient (Wildman–Crippen LogP) is 2.26. The number of aromatic hydroxyl groups is 1. The van der Waals surface area contributed by atoms with Gasteiger partial charge in [-0.1, -0.05) is 6.07 Å². The van der Waals surface area contributed by atoms with Crippen molar-refractivity contribution in [3.8, 4) is 11.5 Å². The van der Waals surface area contributed by atoms with Gasteiger partial charge in [-0.05, 0) is 50.4 Å². The number of carbonyl (C=O) groups excluding carboxylic acids is 1. The number of hydrogen-bond acceptors (Lipinski definition) is 5. The molecular weight excluding hydrogens is 379 g/mol. The van der Waals surface area contributed by atoms with Gasteiger partial charge in [-0.3, -0.25) is 4.79 Å². The van der Waals surface area contributed by atoms with Gasteiger partial charge in [0.1, 0.15) is 0 Å². The van der Waals surface area contributed by atoms with Crippen molar-refractivity contribution in [1.29, 1.82) is 0 Å². The number of ether oxygens (including phenoxy) is 1. The number of hydrogen-bond donors (Lipinski definition) is 2. The van der Waals surface area contributed by atoms with E-state index in [4.69, 9.17) is 14.6 Å². The number of carboxylic acids is 1. The molecule has 5 rings (SSSR count). The fourth-order valence-electron chi connectivity index (χ4n) is 5.52. The minimum Gasteiger partial charge on any atom is -0.504 e. The molecule has 1 spiro atoms. The second-order valence-electron chi connectivity index (χ2n) is 7.90. The fourth-order valence-corrected chi connectivity index (χ4v) is 5.52. The van der Waals surface area contributed by atoms with Crippen LogP contribution in [0, 0.1) is 5.92 Å². The maximum atomic E-state index is 12.5. The average Bonchev–Trinajstić information content (AvgIpc) is 2.97. The smallest absolute Gasteiger partial charge is 0.490 e. The number of phenolic OH excluding ortho intramolecular Hbond substituents is 1. The highest BCUT2D eigenvalue weighted by molar-refractivity contribution is 5.89. The zero-order chi connectivity index (χ0) is 20.4. The van der Waals surface area contributed by atoms with Gasteiger partial charge >= 0.3 is 12.1 Å². The summed E-state index contributed by atoms with van der Waals surface area (Å²) in [5, 5.41) is 17.3. The number of ketones is 1. The van der Waals surface area contributed by atoms with Crippen molar-refractivity contribution in [2.45, 2.75) is 49.4 Å². The molecule has 0 amide bonds. The first-order chi connectivity index (χ1) is 13.1. The first-order valence-electron chi connectivity index (χ1n) is 9.12. The van der Waals surface area contributed by atoms with E-state index in [-0.39, 0.29) is 23.1 Å². The highest BCUT2D eigenvalue weighted by atomic mass is 19.4. The summed E-state index contributed by atoms with van der Waals surface area (Å²) in [5.41, 5.74) is 2.26. The molecule has 4 atom stereocenters. The predicted molar refractivity (Wildman–Crippen MR) is 90.4 cm³/mol. The molecule has 1 saturated heterocycles. The van der Waals surface area contributed by atoms with E-state index < -0.39 is 12.1 Å². The molecule has 9 heteroatoms. The number of carbonyl (C=O) groups is 2. The van der Waals surface area contributed by atoms with Crippen LogP contribution in [0.2, 0.25) is 0 Å². The number of phenols is 1. The summed E-state index contributed by atoms with van der Waals surface area (Å²) in [4.78, 5) is 23.8. The van der Waals surface area contributed by atoms with Crippen LogP contribution in [0.25, 0.3) is 0 Å². The van der Waals surface area contributed by atoms with Crippen molar-refractivity contribution in [2.24, 2.45) is 5.92 Å². The van der Waals surface area contributed by atoms with Crippen LogP contribution < -0.4 is 4.74 Å². The lowest BCUT2D eigenvalue weighted by molar-refractivity contribution is -0.192. The molecule has 0 unspecified atom stereocenters. The molecule has 28 heavy (non-hydrogen) atoms. The van der Waals surface area contributed by atoms with Crippen LogP contribution in [0.15, 0.2) is 12.1 Å². The summed E-state index contributed by atoms with van der Waals surface area (Å²) >= 11 is 0. The van der Waals surface area contributed by atoms with E-state index in [0.29, 0.717) is 24.1 Å². The highest BCUT2D eigenvalue weighted by Crippen LogP contribution is 2.62. The molecule has 4 aliphatic rings. The van der Waals surface area contributed by atoms with Gasteiger partial charge in [0.25, 0.3) is 0 Å². The van der Waals surface area contributed by atoms with Gasteiger partial charge in [0.15, 0.2) is 23.4 Å². The Morgan fingerprint density at radius 3 is 2.68 bits per heavy atom. The van der Waals surface area contributed by atoms with Crippen molar-refractivity contribution in [3.63, 3.8) is 0 Å². The van der Waals surface area contributed by atoms with Crippen LogP contribution in [0.4, 0.5) is 13.2 Å². The van der Waals surface area contributed by atoms with Crippen molar-refractivity contribution in [2.75, 3.05) is 13.6 Å². The fraction of sp³-hybridized carbons (Fsp3) is 0.579. The number of benzene rings is 1. The van der Waals surface area contributed by atoms with Gasteiger partial charge in [0.05, 0.1) is 0 Å². The maximum absolute atomic E-state index is 12.5. The van der Waals surface area contributed by atoms with Crippen LogP contribution in [0.5, 0.6) is 11.5 Å². The van der Waals surface area contributed by atoms with Crippen LogP contribution >= 0.6 is 0 Å². The molecule has 6 nitrogen and oxygen atoms in total. The lowest BCUT2D eigenvalue weighted by Crippen LogP contribution is -2.65. The van der Waals surface area contributed by atoms with Crippen LogP contribution in [0.3, 0.4) is 0 Å². The Labute approximate surface area is 158 Å². The number of likely N-dealkylation sites (tertiary alicyclic amines) is 1. The summed E-state index contributed by atoms with van der Waals surface area (Å²) in [5.74, 6) is -1.26. The Hall–Kier alpha value is -2.29. The number of alkyl halides is 3.